The van der Waals surface area contributed by atoms with E-state index in [0.29, 0.717) is 12.0 Å². The standard InChI is InChI=1S/C19H18O6/c1-9(2)7-8-11-18-13(15(22)16(23)19(11)24-3)14(21)10-5-4-6-12(20)17(10)25-18/h4-7,20,22-23H,8H2,1-3H3. The Hall–Kier alpha value is -3.15. The lowest BCUT2D eigenvalue weighted by Crippen LogP contribution is -2.05. The number of rotatable bonds is 3. The van der Waals surface area contributed by atoms with Crippen LogP contribution in [0.15, 0.2) is 39.1 Å². The molecule has 3 aromatic rings. The highest BCUT2D eigenvalue weighted by Gasteiger charge is 2.24. The lowest BCUT2D eigenvalue weighted by molar-refractivity contribution is 0.350. The predicted molar refractivity (Wildman–Crippen MR) is 94.7 cm³/mol. The zero-order valence-electron chi connectivity index (χ0n) is 14.1. The minimum atomic E-state index is -0.605. The molecule has 6 nitrogen and oxygen atoms in total. The Morgan fingerprint density at radius 1 is 1.16 bits per heavy atom. The Kier molecular flexibility index (Phi) is 4.04. The minimum Gasteiger partial charge on any atom is -0.504 e. The van der Waals surface area contributed by atoms with Crippen LogP contribution in [0.2, 0.25) is 0 Å². The number of allylic oxidation sites excluding steroid dienone is 2. The molecule has 25 heavy (non-hydrogen) atoms. The van der Waals surface area contributed by atoms with Crippen LogP contribution in [0, 0.1) is 0 Å². The smallest absolute Gasteiger partial charge is 0.204 e. The summed E-state index contributed by atoms with van der Waals surface area (Å²) in [4.78, 5) is 12.8. The van der Waals surface area contributed by atoms with Gasteiger partial charge in [0.05, 0.1) is 12.5 Å². The van der Waals surface area contributed by atoms with Crippen LogP contribution in [-0.2, 0) is 6.42 Å². The first-order valence-electron chi connectivity index (χ1n) is 7.69. The highest BCUT2D eigenvalue weighted by molar-refractivity contribution is 5.99. The molecule has 3 N–H and O–H groups in total. The summed E-state index contributed by atoms with van der Waals surface area (Å²) in [5.41, 5.74) is 0.986. The van der Waals surface area contributed by atoms with Gasteiger partial charge >= 0.3 is 0 Å². The van der Waals surface area contributed by atoms with Crippen LogP contribution in [0.4, 0.5) is 0 Å². The fourth-order valence-electron chi connectivity index (χ4n) is 2.81. The summed E-state index contributed by atoms with van der Waals surface area (Å²) < 4.78 is 11.0. The molecule has 3 rings (SSSR count). The number of phenols is 3. The van der Waals surface area contributed by atoms with Gasteiger partial charge in [0.15, 0.2) is 22.8 Å². The monoisotopic (exact) mass is 342 g/mol. The molecule has 0 fully saturated rings. The number of para-hydroxylation sites is 1. The van der Waals surface area contributed by atoms with Crippen LogP contribution in [-0.4, -0.2) is 22.4 Å². The van der Waals surface area contributed by atoms with E-state index in [0.717, 1.165) is 5.57 Å². The topological polar surface area (TPSA) is 100 Å². The maximum Gasteiger partial charge on any atom is 0.204 e. The summed E-state index contributed by atoms with van der Waals surface area (Å²) in [6.45, 7) is 3.82. The molecule has 0 spiro atoms. The van der Waals surface area contributed by atoms with Crippen molar-refractivity contribution in [1.82, 2.24) is 0 Å². The van der Waals surface area contributed by atoms with Gasteiger partial charge in [-0.3, -0.25) is 4.79 Å². The highest BCUT2D eigenvalue weighted by Crippen LogP contribution is 2.45. The van der Waals surface area contributed by atoms with E-state index in [2.05, 4.69) is 0 Å². The van der Waals surface area contributed by atoms with Gasteiger partial charge in [-0.25, -0.2) is 0 Å². The number of ether oxygens (including phenoxy) is 1. The summed E-state index contributed by atoms with van der Waals surface area (Å²) in [6, 6.07) is 4.39. The van der Waals surface area contributed by atoms with Crippen molar-refractivity contribution in [3.63, 3.8) is 0 Å². The van der Waals surface area contributed by atoms with Crippen LogP contribution in [0.25, 0.3) is 21.9 Å². The number of fused-ring (bicyclic) bond motifs is 2. The molecule has 0 amide bonds. The molecule has 0 aliphatic carbocycles. The third kappa shape index (κ3) is 2.55. The second kappa shape index (κ2) is 6.05. The first-order chi connectivity index (χ1) is 11.9. The van der Waals surface area contributed by atoms with Gasteiger partial charge in [-0.2, -0.15) is 0 Å². The lowest BCUT2D eigenvalue weighted by Gasteiger charge is -2.14. The van der Waals surface area contributed by atoms with E-state index in [1.54, 1.807) is 0 Å². The lowest BCUT2D eigenvalue weighted by atomic mass is 10.0. The largest absolute Gasteiger partial charge is 0.504 e. The Labute approximate surface area is 143 Å². The number of hydrogen-bond acceptors (Lipinski definition) is 6. The third-order valence-corrected chi connectivity index (χ3v) is 4.04. The van der Waals surface area contributed by atoms with Gasteiger partial charge in [-0.05, 0) is 32.4 Å². The van der Waals surface area contributed by atoms with E-state index in [9.17, 15) is 20.1 Å². The summed E-state index contributed by atoms with van der Waals surface area (Å²) >= 11 is 0. The normalized spacial score (nSPS) is 11.0. The average Bonchev–Trinajstić information content (AvgIpc) is 2.57. The molecule has 1 heterocycles. The fourth-order valence-corrected chi connectivity index (χ4v) is 2.81. The van der Waals surface area contributed by atoms with Gasteiger partial charge < -0.3 is 24.5 Å². The summed E-state index contributed by atoms with van der Waals surface area (Å²) in [5, 5.41) is 30.6. The highest BCUT2D eigenvalue weighted by atomic mass is 16.5. The molecule has 0 bridgehead atoms. The number of hydrogen-bond donors (Lipinski definition) is 3. The second-order valence-electron chi connectivity index (χ2n) is 5.98. The van der Waals surface area contributed by atoms with E-state index >= 15 is 0 Å². The SMILES string of the molecule is COc1c(O)c(O)c2c(=O)c3cccc(O)c3oc2c1CC=C(C)C. The van der Waals surface area contributed by atoms with Crippen LogP contribution in [0.3, 0.4) is 0 Å². The van der Waals surface area contributed by atoms with Gasteiger partial charge in [-0.1, -0.05) is 17.7 Å². The molecule has 0 saturated carbocycles. The van der Waals surface area contributed by atoms with E-state index in [4.69, 9.17) is 9.15 Å². The second-order valence-corrected chi connectivity index (χ2v) is 5.98. The summed E-state index contributed by atoms with van der Waals surface area (Å²) in [6.07, 6.45) is 2.20. The first kappa shape index (κ1) is 16.7. The summed E-state index contributed by atoms with van der Waals surface area (Å²) in [7, 11) is 1.35. The Morgan fingerprint density at radius 2 is 1.88 bits per heavy atom. The fraction of sp³-hybridized carbons (Fsp3) is 0.211. The first-order valence-corrected chi connectivity index (χ1v) is 7.69. The summed E-state index contributed by atoms with van der Waals surface area (Å²) in [5.74, 6) is -1.28. The molecule has 0 aliphatic heterocycles. The minimum absolute atomic E-state index is 0.0191. The van der Waals surface area contributed by atoms with Gasteiger partial charge in [0.25, 0.3) is 0 Å². The average molecular weight is 342 g/mol. The molecular weight excluding hydrogens is 324 g/mol. The van der Waals surface area contributed by atoms with Crippen molar-refractivity contribution in [2.24, 2.45) is 0 Å². The molecule has 0 atom stereocenters. The number of phenolic OH excluding ortho intramolecular Hbond substituents is 3. The van der Waals surface area contributed by atoms with Crippen molar-refractivity contribution in [2.45, 2.75) is 20.3 Å². The van der Waals surface area contributed by atoms with E-state index < -0.39 is 16.9 Å². The molecule has 6 heteroatoms. The van der Waals surface area contributed by atoms with Crippen LogP contribution in [0.5, 0.6) is 23.0 Å². The molecule has 0 saturated heterocycles. The van der Waals surface area contributed by atoms with Crippen molar-refractivity contribution < 1.29 is 24.5 Å². The Balaban J connectivity index is 2.56. The third-order valence-electron chi connectivity index (χ3n) is 4.04. The maximum atomic E-state index is 12.8. The van der Waals surface area contributed by atoms with Crippen LogP contribution < -0.4 is 10.2 Å². The van der Waals surface area contributed by atoms with Crippen molar-refractivity contribution >= 4 is 21.9 Å². The molecule has 130 valence electrons. The van der Waals surface area contributed by atoms with Crippen molar-refractivity contribution in [1.29, 1.82) is 0 Å². The number of methoxy groups -OCH3 is 1. The maximum absolute atomic E-state index is 12.8. The van der Waals surface area contributed by atoms with Gasteiger partial charge in [0.2, 0.25) is 11.2 Å². The Bertz CT molecular complexity index is 1070. The Morgan fingerprint density at radius 3 is 2.52 bits per heavy atom. The zero-order chi connectivity index (χ0) is 18.3. The molecule has 0 unspecified atom stereocenters. The van der Waals surface area contributed by atoms with Crippen molar-refractivity contribution in [3.8, 4) is 23.0 Å². The molecule has 0 radical (unpaired) electrons. The number of benzene rings is 2. The van der Waals surface area contributed by atoms with E-state index in [1.807, 2.05) is 19.9 Å². The van der Waals surface area contributed by atoms with Crippen molar-refractivity contribution in [2.75, 3.05) is 7.11 Å². The molecule has 2 aromatic carbocycles. The quantitative estimate of drug-likeness (QED) is 0.382. The number of aromatic hydroxyl groups is 3. The van der Waals surface area contributed by atoms with Crippen molar-refractivity contribution in [3.05, 3.63) is 45.6 Å². The van der Waals surface area contributed by atoms with E-state index in [1.165, 1.54) is 25.3 Å². The van der Waals surface area contributed by atoms with E-state index in [-0.39, 0.29) is 33.4 Å². The zero-order valence-corrected chi connectivity index (χ0v) is 14.1. The molecular formula is C19H18O6. The predicted octanol–water partition coefficient (Wildman–Crippen LogP) is 3.58. The van der Waals surface area contributed by atoms with Crippen LogP contribution >= 0.6 is 0 Å². The van der Waals surface area contributed by atoms with Crippen LogP contribution in [0.1, 0.15) is 19.4 Å². The van der Waals surface area contributed by atoms with Gasteiger partial charge in [0, 0.05) is 5.56 Å². The molecule has 1 aromatic heterocycles. The van der Waals surface area contributed by atoms with Gasteiger partial charge in [-0.15, -0.1) is 0 Å². The molecule has 0 aliphatic rings. The van der Waals surface area contributed by atoms with Gasteiger partial charge in [0.1, 0.15) is 11.0 Å².